The highest BCUT2D eigenvalue weighted by Crippen LogP contribution is 2.13. The van der Waals surface area contributed by atoms with Crippen LogP contribution in [-0.2, 0) is 4.74 Å². The molecule has 0 radical (unpaired) electrons. The first-order valence-corrected chi connectivity index (χ1v) is 4.37. The molecule has 0 aliphatic heterocycles. The van der Waals surface area contributed by atoms with Crippen molar-refractivity contribution in [2.75, 3.05) is 7.11 Å². The molecule has 76 valence electrons. The molecule has 0 aliphatic rings. The highest BCUT2D eigenvalue weighted by Gasteiger charge is 2.12. The largest absolute Gasteiger partial charge is 0.465 e. The first-order chi connectivity index (χ1) is 7.33. The molecule has 1 aromatic heterocycles. The molecule has 0 N–H and O–H groups in total. The van der Waals surface area contributed by atoms with Crippen LogP contribution >= 0.6 is 0 Å². The molecule has 0 bridgehead atoms. The SMILES string of the molecule is COC(=O)c1ccccc1-n1ccnn1. The minimum absolute atomic E-state index is 0.388. The maximum atomic E-state index is 11.4. The molecule has 1 aromatic carbocycles. The van der Waals surface area contributed by atoms with Gasteiger partial charge in [0.05, 0.1) is 30.8 Å². The van der Waals surface area contributed by atoms with Gasteiger partial charge in [-0.25, -0.2) is 9.48 Å². The quantitative estimate of drug-likeness (QED) is 0.684. The number of carbonyl (C=O) groups is 1. The number of hydrogen-bond donors (Lipinski definition) is 0. The first kappa shape index (κ1) is 9.39. The van der Waals surface area contributed by atoms with Crippen molar-refractivity contribution in [3.8, 4) is 5.69 Å². The van der Waals surface area contributed by atoms with Crippen LogP contribution in [0.5, 0.6) is 0 Å². The second-order valence-electron chi connectivity index (χ2n) is 2.86. The standard InChI is InChI=1S/C10H9N3O2/c1-15-10(14)8-4-2-3-5-9(8)13-7-6-11-12-13/h2-7H,1H3. The lowest BCUT2D eigenvalue weighted by atomic mass is 10.2. The summed E-state index contributed by atoms with van der Waals surface area (Å²) in [4.78, 5) is 11.4. The van der Waals surface area contributed by atoms with Gasteiger partial charge in [0, 0.05) is 0 Å². The van der Waals surface area contributed by atoms with Gasteiger partial charge in [0.15, 0.2) is 0 Å². The highest BCUT2D eigenvalue weighted by molar-refractivity contribution is 5.93. The van der Waals surface area contributed by atoms with Gasteiger partial charge in [0.2, 0.25) is 0 Å². The fourth-order valence-electron chi connectivity index (χ4n) is 1.29. The fraction of sp³-hybridized carbons (Fsp3) is 0.100. The molecule has 5 nitrogen and oxygen atoms in total. The number of methoxy groups -OCH3 is 1. The Balaban J connectivity index is 2.52. The van der Waals surface area contributed by atoms with Gasteiger partial charge >= 0.3 is 5.97 Å². The summed E-state index contributed by atoms with van der Waals surface area (Å²) in [7, 11) is 1.35. The second kappa shape index (κ2) is 3.91. The molecule has 5 heteroatoms. The normalized spacial score (nSPS) is 9.93. The number of benzene rings is 1. The molecule has 0 saturated heterocycles. The van der Waals surface area contributed by atoms with Crippen molar-refractivity contribution in [1.29, 1.82) is 0 Å². The Hall–Kier alpha value is -2.17. The summed E-state index contributed by atoms with van der Waals surface area (Å²) >= 11 is 0. The molecule has 0 fully saturated rings. The van der Waals surface area contributed by atoms with Gasteiger partial charge in [-0.2, -0.15) is 0 Å². The van der Waals surface area contributed by atoms with Crippen molar-refractivity contribution >= 4 is 5.97 Å². The summed E-state index contributed by atoms with van der Waals surface area (Å²) in [6.45, 7) is 0. The van der Waals surface area contributed by atoms with Crippen molar-refractivity contribution in [3.63, 3.8) is 0 Å². The van der Waals surface area contributed by atoms with Gasteiger partial charge in [-0.1, -0.05) is 17.3 Å². The highest BCUT2D eigenvalue weighted by atomic mass is 16.5. The molecule has 1 heterocycles. The summed E-state index contributed by atoms with van der Waals surface area (Å²) in [5.74, 6) is -0.388. The Morgan fingerprint density at radius 1 is 1.40 bits per heavy atom. The number of nitrogens with zero attached hydrogens (tertiary/aromatic N) is 3. The van der Waals surface area contributed by atoms with E-state index in [9.17, 15) is 4.79 Å². The van der Waals surface area contributed by atoms with Crippen LogP contribution < -0.4 is 0 Å². The monoisotopic (exact) mass is 203 g/mol. The second-order valence-corrected chi connectivity index (χ2v) is 2.86. The Morgan fingerprint density at radius 3 is 2.87 bits per heavy atom. The molecule has 0 amide bonds. The van der Waals surface area contributed by atoms with Crippen molar-refractivity contribution in [2.24, 2.45) is 0 Å². The summed E-state index contributed by atoms with van der Waals surface area (Å²) in [6.07, 6.45) is 3.22. The van der Waals surface area contributed by atoms with Crippen LogP contribution in [-0.4, -0.2) is 28.1 Å². The zero-order valence-corrected chi connectivity index (χ0v) is 8.12. The third kappa shape index (κ3) is 1.71. The van der Waals surface area contributed by atoms with Crippen LogP contribution in [0.15, 0.2) is 36.7 Å². The van der Waals surface area contributed by atoms with Gasteiger partial charge in [0.25, 0.3) is 0 Å². The van der Waals surface area contributed by atoms with E-state index in [4.69, 9.17) is 0 Å². The van der Waals surface area contributed by atoms with Crippen molar-refractivity contribution < 1.29 is 9.53 Å². The van der Waals surface area contributed by atoms with E-state index in [-0.39, 0.29) is 5.97 Å². The van der Waals surface area contributed by atoms with E-state index in [1.165, 1.54) is 11.8 Å². The Kier molecular flexibility index (Phi) is 2.45. The minimum atomic E-state index is -0.388. The number of ether oxygens (including phenoxy) is 1. The van der Waals surface area contributed by atoms with E-state index in [1.54, 1.807) is 30.6 Å². The van der Waals surface area contributed by atoms with E-state index >= 15 is 0 Å². The van der Waals surface area contributed by atoms with Gasteiger partial charge < -0.3 is 4.74 Å². The molecule has 2 aromatic rings. The third-order valence-electron chi connectivity index (χ3n) is 1.98. The summed E-state index contributed by atoms with van der Waals surface area (Å²) < 4.78 is 6.19. The van der Waals surface area contributed by atoms with Gasteiger partial charge in [-0.05, 0) is 12.1 Å². The van der Waals surface area contributed by atoms with Crippen LogP contribution in [0.4, 0.5) is 0 Å². The average Bonchev–Trinajstić information content (AvgIpc) is 2.81. The average molecular weight is 203 g/mol. The van der Waals surface area contributed by atoms with E-state index in [2.05, 4.69) is 15.0 Å². The predicted octanol–water partition coefficient (Wildman–Crippen LogP) is 1.05. The van der Waals surface area contributed by atoms with E-state index in [0.29, 0.717) is 11.3 Å². The van der Waals surface area contributed by atoms with Crippen molar-refractivity contribution in [3.05, 3.63) is 42.2 Å². The van der Waals surface area contributed by atoms with Crippen LogP contribution in [0.3, 0.4) is 0 Å². The lowest BCUT2D eigenvalue weighted by Crippen LogP contribution is -2.08. The molecule has 0 aliphatic carbocycles. The molecule has 2 rings (SSSR count). The Bertz CT molecular complexity index is 465. The van der Waals surface area contributed by atoms with E-state index in [1.807, 2.05) is 6.07 Å². The smallest absolute Gasteiger partial charge is 0.340 e. The number of aromatic nitrogens is 3. The third-order valence-corrected chi connectivity index (χ3v) is 1.98. The summed E-state index contributed by atoms with van der Waals surface area (Å²) in [6, 6.07) is 7.06. The summed E-state index contributed by atoms with van der Waals surface area (Å²) in [5, 5.41) is 7.51. The molecule has 15 heavy (non-hydrogen) atoms. The van der Waals surface area contributed by atoms with Crippen LogP contribution in [0.2, 0.25) is 0 Å². The topological polar surface area (TPSA) is 57.0 Å². The minimum Gasteiger partial charge on any atom is -0.465 e. The maximum Gasteiger partial charge on any atom is 0.340 e. The van der Waals surface area contributed by atoms with Crippen LogP contribution in [0.25, 0.3) is 5.69 Å². The zero-order chi connectivity index (χ0) is 10.7. The molecule has 0 atom stereocenters. The molecule has 0 spiro atoms. The Morgan fingerprint density at radius 2 is 2.20 bits per heavy atom. The number of esters is 1. The predicted molar refractivity (Wildman–Crippen MR) is 52.7 cm³/mol. The number of hydrogen-bond acceptors (Lipinski definition) is 4. The number of para-hydroxylation sites is 1. The van der Waals surface area contributed by atoms with Crippen LogP contribution in [0.1, 0.15) is 10.4 Å². The van der Waals surface area contributed by atoms with Gasteiger partial charge in [-0.15, -0.1) is 5.10 Å². The van der Waals surface area contributed by atoms with Gasteiger partial charge in [-0.3, -0.25) is 0 Å². The zero-order valence-electron chi connectivity index (χ0n) is 8.12. The maximum absolute atomic E-state index is 11.4. The summed E-state index contributed by atoms with van der Waals surface area (Å²) in [5.41, 5.74) is 1.12. The number of rotatable bonds is 2. The molecular weight excluding hydrogens is 194 g/mol. The molecule has 0 saturated carbocycles. The molecule has 0 unspecified atom stereocenters. The van der Waals surface area contributed by atoms with Crippen molar-refractivity contribution in [1.82, 2.24) is 15.0 Å². The van der Waals surface area contributed by atoms with Gasteiger partial charge in [0.1, 0.15) is 0 Å². The fourth-order valence-corrected chi connectivity index (χ4v) is 1.29. The molecular formula is C10H9N3O2. The lowest BCUT2D eigenvalue weighted by molar-refractivity contribution is 0.0600. The number of carbonyl (C=O) groups excluding carboxylic acids is 1. The first-order valence-electron chi connectivity index (χ1n) is 4.37. The van der Waals surface area contributed by atoms with E-state index < -0.39 is 0 Å². The van der Waals surface area contributed by atoms with Crippen LogP contribution in [0, 0.1) is 0 Å². The van der Waals surface area contributed by atoms with E-state index in [0.717, 1.165) is 0 Å². The Labute approximate surface area is 86.3 Å². The van der Waals surface area contributed by atoms with Crippen molar-refractivity contribution in [2.45, 2.75) is 0 Å². The lowest BCUT2D eigenvalue weighted by Gasteiger charge is -2.05.